The minimum Gasteiger partial charge on any atom is -0.478 e. The lowest BCUT2D eigenvalue weighted by molar-refractivity contribution is -0.0762. The van der Waals surface area contributed by atoms with E-state index in [1.165, 1.54) is 12.1 Å². The summed E-state index contributed by atoms with van der Waals surface area (Å²) in [5, 5.41) is 11.8. The van der Waals surface area contributed by atoms with E-state index in [0.29, 0.717) is 13.2 Å². The highest BCUT2D eigenvalue weighted by Crippen LogP contribution is 2.30. The molecule has 0 atom stereocenters. The molecule has 2 aromatic rings. The second-order valence-electron chi connectivity index (χ2n) is 5.64. The van der Waals surface area contributed by atoms with Gasteiger partial charge in [-0.15, -0.1) is 0 Å². The Kier molecular flexibility index (Phi) is 4.48. The second kappa shape index (κ2) is 6.72. The summed E-state index contributed by atoms with van der Waals surface area (Å²) in [7, 11) is 0. The van der Waals surface area contributed by atoms with Gasteiger partial charge in [-0.1, -0.05) is 42.5 Å². The molecule has 0 aromatic heterocycles. The third-order valence-corrected chi connectivity index (χ3v) is 3.94. The molecular formula is C18H17NO5. The molecular weight excluding hydrogens is 310 g/mol. The summed E-state index contributed by atoms with van der Waals surface area (Å²) < 4.78 is 10.5. The topological polar surface area (TPSA) is 84.9 Å². The van der Waals surface area contributed by atoms with E-state index in [1.54, 1.807) is 12.1 Å². The molecule has 0 saturated carbocycles. The van der Waals surface area contributed by atoms with Crippen molar-refractivity contribution in [1.82, 2.24) is 5.32 Å². The first-order chi connectivity index (χ1) is 11.6. The number of nitrogens with one attached hydrogen (secondary N) is 1. The average molecular weight is 327 g/mol. The number of alkyl carbamates (subject to hydrolysis) is 1. The lowest BCUT2D eigenvalue weighted by Crippen LogP contribution is -2.59. The van der Waals surface area contributed by atoms with Crippen LogP contribution in [0.1, 0.15) is 21.5 Å². The number of hydrogen-bond acceptors (Lipinski definition) is 4. The normalized spacial score (nSPS) is 15.2. The van der Waals surface area contributed by atoms with Gasteiger partial charge in [0.15, 0.2) is 0 Å². The third kappa shape index (κ3) is 3.38. The number of carboxylic acids is 1. The van der Waals surface area contributed by atoms with Gasteiger partial charge in [-0.05, 0) is 23.3 Å². The molecule has 3 rings (SSSR count). The van der Waals surface area contributed by atoms with Crippen LogP contribution in [0.5, 0.6) is 0 Å². The van der Waals surface area contributed by atoms with Gasteiger partial charge in [0.2, 0.25) is 0 Å². The number of rotatable bonds is 5. The van der Waals surface area contributed by atoms with E-state index < -0.39 is 17.6 Å². The molecule has 1 saturated heterocycles. The summed E-state index contributed by atoms with van der Waals surface area (Å²) in [5.41, 5.74) is 1.21. The van der Waals surface area contributed by atoms with Crippen molar-refractivity contribution in [2.75, 3.05) is 13.2 Å². The number of benzene rings is 2. The molecule has 0 spiro atoms. The second-order valence-corrected chi connectivity index (χ2v) is 5.64. The molecule has 6 heteroatoms. The van der Waals surface area contributed by atoms with Gasteiger partial charge in [0.25, 0.3) is 0 Å². The predicted octanol–water partition coefficient (Wildman–Crippen LogP) is 2.54. The molecule has 6 nitrogen and oxygen atoms in total. The zero-order chi connectivity index (χ0) is 17.0. The van der Waals surface area contributed by atoms with Crippen LogP contribution in [0.4, 0.5) is 4.79 Å². The SMILES string of the molecule is O=C(NC1(c2ccc(C(=O)O)cc2)COC1)OCc1ccccc1. The Bertz CT molecular complexity index is 723. The number of aromatic carboxylic acids is 1. The summed E-state index contributed by atoms with van der Waals surface area (Å²) in [6.45, 7) is 0.821. The van der Waals surface area contributed by atoms with Crippen molar-refractivity contribution in [3.8, 4) is 0 Å². The van der Waals surface area contributed by atoms with Gasteiger partial charge in [-0.3, -0.25) is 0 Å². The maximum atomic E-state index is 12.1. The minimum atomic E-state index is -0.990. The van der Waals surface area contributed by atoms with E-state index in [-0.39, 0.29) is 12.2 Å². The Morgan fingerprint density at radius 1 is 1.08 bits per heavy atom. The monoisotopic (exact) mass is 327 g/mol. The number of carbonyl (C=O) groups is 2. The summed E-state index contributed by atoms with van der Waals surface area (Å²) in [4.78, 5) is 23.0. The van der Waals surface area contributed by atoms with Crippen molar-refractivity contribution in [3.63, 3.8) is 0 Å². The Morgan fingerprint density at radius 2 is 1.75 bits per heavy atom. The first-order valence-corrected chi connectivity index (χ1v) is 7.49. The van der Waals surface area contributed by atoms with Crippen molar-refractivity contribution < 1.29 is 24.2 Å². The van der Waals surface area contributed by atoms with Gasteiger partial charge in [-0.2, -0.15) is 0 Å². The quantitative estimate of drug-likeness (QED) is 0.881. The molecule has 124 valence electrons. The average Bonchev–Trinajstić information content (AvgIpc) is 2.57. The number of hydrogen-bond donors (Lipinski definition) is 2. The van der Waals surface area contributed by atoms with E-state index in [4.69, 9.17) is 14.6 Å². The van der Waals surface area contributed by atoms with E-state index in [2.05, 4.69) is 5.32 Å². The number of carboxylic acid groups (broad SMARTS) is 1. The van der Waals surface area contributed by atoms with Crippen molar-refractivity contribution in [2.45, 2.75) is 12.1 Å². The molecule has 2 N–H and O–H groups in total. The van der Waals surface area contributed by atoms with Gasteiger partial charge in [0, 0.05) is 0 Å². The lowest BCUT2D eigenvalue weighted by atomic mass is 9.87. The maximum absolute atomic E-state index is 12.1. The lowest BCUT2D eigenvalue weighted by Gasteiger charge is -2.42. The van der Waals surface area contributed by atoms with Crippen LogP contribution in [0.2, 0.25) is 0 Å². The molecule has 1 heterocycles. The van der Waals surface area contributed by atoms with Crippen LogP contribution in [-0.4, -0.2) is 30.4 Å². The highest BCUT2D eigenvalue weighted by atomic mass is 16.6. The van der Waals surface area contributed by atoms with Gasteiger partial charge in [0.1, 0.15) is 12.1 Å². The first kappa shape index (κ1) is 16.0. The molecule has 2 aromatic carbocycles. The molecule has 0 aliphatic carbocycles. The smallest absolute Gasteiger partial charge is 0.408 e. The highest BCUT2D eigenvalue weighted by molar-refractivity contribution is 5.87. The summed E-state index contributed by atoms with van der Waals surface area (Å²) >= 11 is 0. The Labute approximate surface area is 139 Å². The summed E-state index contributed by atoms with van der Waals surface area (Å²) in [6.07, 6.45) is -0.538. The van der Waals surface area contributed by atoms with Crippen molar-refractivity contribution in [3.05, 3.63) is 71.3 Å². The first-order valence-electron chi connectivity index (χ1n) is 7.49. The zero-order valence-electron chi connectivity index (χ0n) is 12.9. The van der Waals surface area contributed by atoms with Crippen LogP contribution in [0.15, 0.2) is 54.6 Å². The van der Waals surface area contributed by atoms with Gasteiger partial charge >= 0.3 is 12.1 Å². The Morgan fingerprint density at radius 3 is 2.29 bits per heavy atom. The van der Waals surface area contributed by atoms with Crippen LogP contribution in [0.3, 0.4) is 0 Å². The maximum Gasteiger partial charge on any atom is 0.408 e. The van der Waals surface area contributed by atoms with Gasteiger partial charge in [-0.25, -0.2) is 9.59 Å². The van der Waals surface area contributed by atoms with E-state index >= 15 is 0 Å². The Balaban J connectivity index is 1.64. The largest absolute Gasteiger partial charge is 0.478 e. The Hall–Kier alpha value is -2.86. The van der Waals surface area contributed by atoms with Gasteiger partial charge < -0.3 is 19.9 Å². The fourth-order valence-electron chi connectivity index (χ4n) is 2.50. The molecule has 1 aliphatic heterocycles. The summed E-state index contributed by atoms with van der Waals surface area (Å²) in [5.74, 6) is -0.990. The van der Waals surface area contributed by atoms with E-state index in [0.717, 1.165) is 11.1 Å². The molecule has 24 heavy (non-hydrogen) atoms. The molecule has 1 fully saturated rings. The minimum absolute atomic E-state index is 0.182. The zero-order valence-corrected chi connectivity index (χ0v) is 12.9. The molecule has 1 amide bonds. The predicted molar refractivity (Wildman–Crippen MR) is 85.7 cm³/mol. The van der Waals surface area contributed by atoms with E-state index in [9.17, 15) is 9.59 Å². The van der Waals surface area contributed by atoms with E-state index in [1.807, 2.05) is 30.3 Å². The van der Waals surface area contributed by atoms with Crippen LogP contribution in [0.25, 0.3) is 0 Å². The standard InChI is InChI=1S/C18H17NO5/c20-16(21)14-6-8-15(9-7-14)18(11-23-12-18)19-17(22)24-10-13-4-2-1-3-5-13/h1-9H,10-12H2,(H,19,22)(H,20,21). The molecule has 0 unspecified atom stereocenters. The number of carbonyl (C=O) groups excluding carboxylic acids is 1. The summed E-state index contributed by atoms with van der Waals surface area (Å²) in [6, 6.07) is 15.8. The fraction of sp³-hybridized carbons (Fsp3) is 0.222. The van der Waals surface area contributed by atoms with Crippen molar-refractivity contribution in [2.24, 2.45) is 0 Å². The fourth-order valence-corrected chi connectivity index (χ4v) is 2.50. The van der Waals surface area contributed by atoms with Crippen molar-refractivity contribution in [1.29, 1.82) is 0 Å². The van der Waals surface area contributed by atoms with Gasteiger partial charge in [0.05, 0.1) is 18.8 Å². The van der Waals surface area contributed by atoms with Crippen LogP contribution < -0.4 is 5.32 Å². The van der Waals surface area contributed by atoms with Crippen LogP contribution in [-0.2, 0) is 21.6 Å². The number of amides is 1. The third-order valence-electron chi connectivity index (χ3n) is 3.94. The highest BCUT2D eigenvalue weighted by Gasteiger charge is 2.42. The van der Waals surface area contributed by atoms with Crippen LogP contribution in [0, 0.1) is 0 Å². The number of ether oxygens (including phenoxy) is 2. The molecule has 0 radical (unpaired) electrons. The van der Waals surface area contributed by atoms with Crippen LogP contribution >= 0.6 is 0 Å². The van der Waals surface area contributed by atoms with Crippen molar-refractivity contribution >= 4 is 12.1 Å². The molecule has 0 bridgehead atoms. The molecule has 1 aliphatic rings.